The van der Waals surface area contributed by atoms with E-state index in [9.17, 15) is 9.59 Å². The van der Waals surface area contributed by atoms with Crippen LogP contribution in [0.2, 0.25) is 0 Å². The molecular weight excluding hydrogens is 268 g/mol. The summed E-state index contributed by atoms with van der Waals surface area (Å²) in [5, 5.41) is 11.6. The molecule has 0 saturated heterocycles. The monoisotopic (exact) mass is 292 g/mol. The predicted molar refractivity (Wildman–Crippen MR) is 82.1 cm³/mol. The van der Waals surface area contributed by atoms with Gasteiger partial charge in [-0.1, -0.05) is 37.3 Å². The molecule has 0 spiro atoms. The number of benzene rings is 1. The summed E-state index contributed by atoms with van der Waals surface area (Å²) < 4.78 is 0. The molecule has 2 N–H and O–H groups in total. The van der Waals surface area contributed by atoms with E-state index in [-0.39, 0.29) is 19.0 Å². The summed E-state index contributed by atoms with van der Waals surface area (Å²) in [5.74, 6) is -1.02. The second-order valence-electron chi connectivity index (χ2n) is 5.04. The van der Waals surface area contributed by atoms with Crippen molar-refractivity contribution >= 4 is 11.9 Å². The number of hydrogen-bond acceptors (Lipinski definition) is 3. The van der Waals surface area contributed by atoms with Crippen molar-refractivity contribution in [2.75, 3.05) is 26.2 Å². The Kier molecular flexibility index (Phi) is 8.12. The molecule has 0 atom stereocenters. The van der Waals surface area contributed by atoms with Crippen molar-refractivity contribution in [2.45, 2.75) is 26.2 Å². The number of carboxylic acids is 1. The molecule has 1 rings (SSSR count). The fraction of sp³-hybridized carbons (Fsp3) is 0.500. The average Bonchev–Trinajstić information content (AvgIpc) is 2.44. The second-order valence-corrected chi connectivity index (χ2v) is 5.04. The van der Waals surface area contributed by atoms with Gasteiger partial charge >= 0.3 is 5.97 Å². The molecule has 0 aliphatic rings. The summed E-state index contributed by atoms with van der Waals surface area (Å²) in [6, 6.07) is 10.1. The van der Waals surface area contributed by atoms with Crippen LogP contribution in [-0.2, 0) is 16.0 Å². The van der Waals surface area contributed by atoms with E-state index in [1.54, 1.807) is 4.90 Å². The lowest BCUT2D eigenvalue weighted by Crippen LogP contribution is -2.40. The molecule has 1 amide bonds. The van der Waals surface area contributed by atoms with Crippen LogP contribution in [0.5, 0.6) is 0 Å². The Morgan fingerprint density at radius 1 is 1.19 bits per heavy atom. The number of nitrogens with one attached hydrogen (secondary N) is 1. The molecule has 0 bridgehead atoms. The van der Waals surface area contributed by atoms with Crippen LogP contribution in [0.1, 0.15) is 25.3 Å². The third-order valence-corrected chi connectivity index (χ3v) is 3.07. The first kappa shape index (κ1) is 17.2. The molecule has 0 saturated carbocycles. The van der Waals surface area contributed by atoms with E-state index < -0.39 is 5.97 Å². The van der Waals surface area contributed by atoms with Crippen LogP contribution in [0, 0.1) is 0 Å². The number of nitrogens with zero attached hydrogens (tertiary/aromatic N) is 1. The zero-order valence-corrected chi connectivity index (χ0v) is 12.5. The Bertz CT molecular complexity index is 434. The SMILES string of the molecule is CCCN(CC(=O)O)CC(=O)NCCCc1ccccc1. The molecule has 0 unspecified atom stereocenters. The zero-order chi connectivity index (χ0) is 15.5. The van der Waals surface area contributed by atoms with Crippen LogP contribution in [0.4, 0.5) is 0 Å². The topological polar surface area (TPSA) is 69.6 Å². The molecule has 0 fully saturated rings. The first-order valence-corrected chi connectivity index (χ1v) is 7.36. The van der Waals surface area contributed by atoms with Gasteiger partial charge in [0.25, 0.3) is 0 Å². The van der Waals surface area contributed by atoms with Crippen molar-refractivity contribution in [3.63, 3.8) is 0 Å². The van der Waals surface area contributed by atoms with Gasteiger partial charge in [0, 0.05) is 6.54 Å². The molecule has 0 aromatic heterocycles. The van der Waals surface area contributed by atoms with Crippen molar-refractivity contribution in [1.29, 1.82) is 0 Å². The molecule has 1 aromatic rings. The van der Waals surface area contributed by atoms with Gasteiger partial charge in [-0.15, -0.1) is 0 Å². The van der Waals surface area contributed by atoms with E-state index >= 15 is 0 Å². The highest BCUT2D eigenvalue weighted by atomic mass is 16.4. The third kappa shape index (κ3) is 8.09. The average molecular weight is 292 g/mol. The molecule has 0 heterocycles. The summed E-state index contributed by atoms with van der Waals surface area (Å²) in [7, 11) is 0. The Morgan fingerprint density at radius 2 is 1.90 bits per heavy atom. The molecule has 21 heavy (non-hydrogen) atoms. The fourth-order valence-electron chi connectivity index (χ4n) is 2.15. The molecule has 5 nitrogen and oxygen atoms in total. The van der Waals surface area contributed by atoms with E-state index in [1.807, 2.05) is 25.1 Å². The molecule has 0 aliphatic heterocycles. The number of aliphatic carboxylic acids is 1. The maximum absolute atomic E-state index is 11.8. The van der Waals surface area contributed by atoms with Gasteiger partial charge in [0.15, 0.2) is 0 Å². The third-order valence-electron chi connectivity index (χ3n) is 3.07. The van der Waals surface area contributed by atoms with Crippen LogP contribution in [0.25, 0.3) is 0 Å². The lowest BCUT2D eigenvalue weighted by atomic mass is 10.1. The summed E-state index contributed by atoms with van der Waals surface area (Å²) >= 11 is 0. The number of carbonyl (C=O) groups is 2. The van der Waals surface area contributed by atoms with Crippen LogP contribution >= 0.6 is 0 Å². The van der Waals surface area contributed by atoms with Crippen molar-refractivity contribution in [3.8, 4) is 0 Å². The summed E-state index contributed by atoms with van der Waals surface area (Å²) in [6.45, 7) is 3.24. The van der Waals surface area contributed by atoms with Crippen LogP contribution in [-0.4, -0.2) is 48.1 Å². The van der Waals surface area contributed by atoms with Gasteiger partial charge in [-0.3, -0.25) is 14.5 Å². The molecule has 0 radical (unpaired) electrons. The Labute approximate surface area is 126 Å². The standard InChI is InChI=1S/C16H24N2O3/c1-2-11-18(13-16(20)21)12-15(19)17-10-6-9-14-7-4-3-5-8-14/h3-5,7-8H,2,6,9-13H2,1H3,(H,17,19)(H,20,21). The van der Waals surface area contributed by atoms with Crippen molar-refractivity contribution in [1.82, 2.24) is 10.2 Å². The number of rotatable bonds is 10. The molecule has 0 aliphatic carbocycles. The number of carboxylic acid groups (broad SMARTS) is 1. The van der Waals surface area contributed by atoms with Gasteiger partial charge in [-0.05, 0) is 31.4 Å². The van der Waals surface area contributed by atoms with Gasteiger partial charge in [0.2, 0.25) is 5.91 Å². The number of amides is 1. The molecular formula is C16H24N2O3. The molecule has 5 heteroatoms. The molecule has 1 aromatic carbocycles. The van der Waals surface area contributed by atoms with Crippen molar-refractivity contribution < 1.29 is 14.7 Å². The van der Waals surface area contributed by atoms with Crippen LogP contribution < -0.4 is 5.32 Å². The van der Waals surface area contributed by atoms with Crippen LogP contribution in [0.15, 0.2) is 30.3 Å². The highest BCUT2D eigenvalue weighted by Gasteiger charge is 2.12. The second kappa shape index (κ2) is 9.94. The fourth-order valence-corrected chi connectivity index (χ4v) is 2.15. The van der Waals surface area contributed by atoms with E-state index in [4.69, 9.17) is 5.11 Å². The largest absolute Gasteiger partial charge is 0.480 e. The maximum Gasteiger partial charge on any atom is 0.317 e. The van der Waals surface area contributed by atoms with E-state index in [1.165, 1.54) is 5.56 Å². The Balaban J connectivity index is 2.21. The quantitative estimate of drug-likeness (QED) is 0.642. The smallest absolute Gasteiger partial charge is 0.317 e. The minimum Gasteiger partial charge on any atom is -0.480 e. The predicted octanol–water partition coefficient (Wildman–Crippen LogP) is 1.53. The number of carbonyl (C=O) groups excluding carboxylic acids is 1. The highest BCUT2D eigenvalue weighted by Crippen LogP contribution is 2.01. The summed E-state index contributed by atoms with van der Waals surface area (Å²) in [5.41, 5.74) is 1.25. The van der Waals surface area contributed by atoms with Crippen LogP contribution in [0.3, 0.4) is 0 Å². The Morgan fingerprint density at radius 3 is 2.52 bits per heavy atom. The lowest BCUT2D eigenvalue weighted by molar-refractivity contribution is -0.138. The minimum absolute atomic E-state index is 0.0920. The Hall–Kier alpha value is -1.88. The lowest BCUT2D eigenvalue weighted by Gasteiger charge is -2.18. The van der Waals surface area contributed by atoms with E-state index in [0.717, 1.165) is 19.3 Å². The van der Waals surface area contributed by atoms with Gasteiger partial charge < -0.3 is 10.4 Å². The first-order chi connectivity index (χ1) is 10.1. The van der Waals surface area contributed by atoms with E-state index in [2.05, 4.69) is 17.4 Å². The van der Waals surface area contributed by atoms with Crippen molar-refractivity contribution in [3.05, 3.63) is 35.9 Å². The first-order valence-electron chi connectivity index (χ1n) is 7.36. The van der Waals surface area contributed by atoms with E-state index in [0.29, 0.717) is 13.1 Å². The summed E-state index contributed by atoms with van der Waals surface area (Å²) in [6.07, 6.45) is 2.63. The zero-order valence-electron chi connectivity index (χ0n) is 12.5. The maximum atomic E-state index is 11.8. The van der Waals surface area contributed by atoms with Gasteiger partial charge in [-0.2, -0.15) is 0 Å². The number of hydrogen-bond donors (Lipinski definition) is 2. The highest BCUT2D eigenvalue weighted by molar-refractivity contribution is 5.79. The molecule has 116 valence electrons. The van der Waals surface area contributed by atoms with Crippen molar-refractivity contribution in [2.24, 2.45) is 0 Å². The van der Waals surface area contributed by atoms with Gasteiger partial charge in [0.05, 0.1) is 13.1 Å². The van der Waals surface area contributed by atoms with Gasteiger partial charge in [0.1, 0.15) is 0 Å². The van der Waals surface area contributed by atoms with Gasteiger partial charge in [-0.25, -0.2) is 0 Å². The number of aryl methyl sites for hydroxylation is 1. The minimum atomic E-state index is -0.902. The summed E-state index contributed by atoms with van der Waals surface area (Å²) in [4.78, 5) is 24.1. The normalized spacial score (nSPS) is 10.6.